The first-order valence-electron chi connectivity index (χ1n) is 4.28. The molecule has 2 heterocycles. The molecular formula is C9H10N2O2S. The third kappa shape index (κ3) is 1.63. The Bertz CT molecular complexity index is 386. The van der Waals surface area contributed by atoms with Crippen molar-refractivity contribution in [1.29, 1.82) is 0 Å². The molecule has 2 rings (SSSR count). The number of rotatable bonds is 2. The minimum atomic E-state index is -0.289. The molecule has 1 fully saturated rings. The number of aryl methyl sites for hydroxylation is 1. The lowest BCUT2D eigenvalue weighted by atomic mass is 10.3. The summed E-state index contributed by atoms with van der Waals surface area (Å²) < 4.78 is 0. The van der Waals surface area contributed by atoms with Crippen LogP contribution < -0.4 is 5.32 Å². The number of carbonyl (C=O) groups is 2. The van der Waals surface area contributed by atoms with Gasteiger partial charge in [0.05, 0.1) is 6.54 Å². The van der Waals surface area contributed by atoms with Crippen LogP contribution in [0.5, 0.6) is 0 Å². The van der Waals surface area contributed by atoms with Gasteiger partial charge in [0.25, 0.3) is 0 Å². The van der Waals surface area contributed by atoms with Gasteiger partial charge in [0.15, 0.2) is 0 Å². The van der Waals surface area contributed by atoms with Gasteiger partial charge in [-0.2, -0.15) is 0 Å². The lowest BCUT2D eigenvalue weighted by Crippen LogP contribution is -2.27. The van der Waals surface area contributed by atoms with Crippen molar-refractivity contribution in [3.05, 3.63) is 21.9 Å². The van der Waals surface area contributed by atoms with Crippen molar-refractivity contribution < 1.29 is 9.59 Å². The van der Waals surface area contributed by atoms with Crippen LogP contribution in [0.3, 0.4) is 0 Å². The van der Waals surface area contributed by atoms with Crippen molar-refractivity contribution in [2.75, 3.05) is 6.54 Å². The Labute approximate surface area is 85.5 Å². The summed E-state index contributed by atoms with van der Waals surface area (Å²) in [6.07, 6.45) is 0. The molecule has 0 spiro atoms. The molecule has 14 heavy (non-hydrogen) atoms. The molecule has 0 saturated carbocycles. The maximum atomic E-state index is 11.2. The summed E-state index contributed by atoms with van der Waals surface area (Å²) >= 11 is 1.61. The van der Waals surface area contributed by atoms with Gasteiger partial charge in [-0.1, -0.05) is 0 Å². The molecule has 0 radical (unpaired) electrons. The molecule has 1 N–H and O–H groups in total. The molecule has 1 saturated heterocycles. The second-order valence-corrected chi connectivity index (χ2v) is 4.24. The summed E-state index contributed by atoms with van der Waals surface area (Å²) in [5.41, 5.74) is 1.17. The van der Waals surface area contributed by atoms with E-state index in [9.17, 15) is 9.59 Å². The van der Waals surface area contributed by atoms with Crippen LogP contribution in [0.2, 0.25) is 0 Å². The maximum absolute atomic E-state index is 11.2. The molecule has 74 valence electrons. The first kappa shape index (κ1) is 9.21. The van der Waals surface area contributed by atoms with Crippen molar-refractivity contribution in [3.63, 3.8) is 0 Å². The summed E-state index contributed by atoms with van der Waals surface area (Å²) in [5, 5.41) is 4.24. The Kier molecular flexibility index (Phi) is 2.25. The van der Waals surface area contributed by atoms with E-state index in [2.05, 4.69) is 5.32 Å². The average molecular weight is 210 g/mol. The van der Waals surface area contributed by atoms with E-state index in [1.54, 1.807) is 11.3 Å². The van der Waals surface area contributed by atoms with Gasteiger partial charge in [0, 0.05) is 4.88 Å². The SMILES string of the molecule is Cc1ccsc1CN1CC(=O)NC1=O. The Hall–Kier alpha value is -1.36. The summed E-state index contributed by atoms with van der Waals surface area (Å²) in [7, 11) is 0. The zero-order chi connectivity index (χ0) is 10.1. The molecule has 0 bridgehead atoms. The molecule has 0 atom stereocenters. The lowest BCUT2D eigenvalue weighted by molar-refractivity contribution is -0.118. The van der Waals surface area contributed by atoms with E-state index < -0.39 is 0 Å². The number of nitrogens with zero attached hydrogens (tertiary/aromatic N) is 1. The molecule has 3 amide bonds. The normalized spacial score (nSPS) is 16.2. The third-order valence-corrected chi connectivity index (χ3v) is 3.18. The van der Waals surface area contributed by atoms with E-state index in [0.717, 1.165) is 4.88 Å². The number of thiophene rings is 1. The number of urea groups is 1. The monoisotopic (exact) mass is 210 g/mol. The van der Waals surface area contributed by atoms with Crippen LogP contribution in [0.4, 0.5) is 4.79 Å². The largest absolute Gasteiger partial charge is 0.324 e. The van der Waals surface area contributed by atoms with Gasteiger partial charge >= 0.3 is 6.03 Å². The van der Waals surface area contributed by atoms with E-state index >= 15 is 0 Å². The Morgan fingerprint density at radius 1 is 1.57 bits per heavy atom. The van der Waals surface area contributed by atoms with Crippen molar-refractivity contribution in [1.82, 2.24) is 10.2 Å². The minimum Gasteiger partial charge on any atom is -0.310 e. The number of carbonyl (C=O) groups excluding carboxylic acids is 2. The van der Waals surface area contributed by atoms with Crippen LogP contribution in [0, 0.1) is 6.92 Å². The van der Waals surface area contributed by atoms with E-state index in [-0.39, 0.29) is 18.5 Å². The van der Waals surface area contributed by atoms with E-state index in [1.807, 2.05) is 18.4 Å². The second-order valence-electron chi connectivity index (χ2n) is 3.24. The predicted octanol–water partition coefficient (Wildman–Crippen LogP) is 1.11. The Balaban J connectivity index is 2.09. The van der Waals surface area contributed by atoms with Crippen molar-refractivity contribution in [2.24, 2.45) is 0 Å². The zero-order valence-corrected chi connectivity index (χ0v) is 8.56. The van der Waals surface area contributed by atoms with Crippen LogP contribution in [0.15, 0.2) is 11.4 Å². The zero-order valence-electron chi connectivity index (χ0n) is 7.74. The molecule has 0 unspecified atom stereocenters. The van der Waals surface area contributed by atoms with Gasteiger partial charge in [-0.15, -0.1) is 11.3 Å². The van der Waals surface area contributed by atoms with Crippen molar-refractivity contribution in [3.8, 4) is 0 Å². The molecule has 1 aromatic heterocycles. The molecule has 0 aromatic carbocycles. The van der Waals surface area contributed by atoms with Crippen LogP contribution in [0.25, 0.3) is 0 Å². The van der Waals surface area contributed by atoms with Gasteiger partial charge in [-0.3, -0.25) is 10.1 Å². The second kappa shape index (κ2) is 3.42. The first-order chi connectivity index (χ1) is 6.66. The topological polar surface area (TPSA) is 49.4 Å². The van der Waals surface area contributed by atoms with Gasteiger partial charge in [-0.05, 0) is 23.9 Å². The Morgan fingerprint density at radius 2 is 2.36 bits per heavy atom. The maximum Gasteiger partial charge on any atom is 0.324 e. The van der Waals surface area contributed by atoms with Gasteiger partial charge in [0.2, 0.25) is 5.91 Å². The Morgan fingerprint density at radius 3 is 2.86 bits per heavy atom. The van der Waals surface area contributed by atoms with Gasteiger partial charge < -0.3 is 4.90 Å². The molecule has 4 nitrogen and oxygen atoms in total. The van der Waals surface area contributed by atoms with Crippen LogP contribution in [-0.2, 0) is 11.3 Å². The summed E-state index contributed by atoms with van der Waals surface area (Å²) in [5.74, 6) is -0.218. The van der Waals surface area contributed by atoms with E-state index in [1.165, 1.54) is 10.5 Å². The number of hydrogen-bond acceptors (Lipinski definition) is 3. The summed E-state index contributed by atoms with van der Waals surface area (Å²) in [6, 6.07) is 1.72. The fourth-order valence-electron chi connectivity index (χ4n) is 1.35. The quantitative estimate of drug-likeness (QED) is 0.743. The highest BCUT2D eigenvalue weighted by Crippen LogP contribution is 2.18. The lowest BCUT2D eigenvalue weighted by Gasteiger charge is -2.11. The standard InChI is InChI=1S/C9H10N2O2S/c1-6-2-3-14-7(6)4-11-5-8(12)10-9(11)13/h2-3H,4-5H2,1H3,(H,10,12,13). The molecule has 1 aliphatic rings. The summed E-state index contributed by atoms with van der Waals surface area (Å²) in [6.45, 7) is 2.71. The van der Waals surface area contributed by atoms with Crippen molar-refractivity contribution >= 4 is 23.3 Å². The molecule has 5 heteroatoms. The van der Waals surface area contributed by atoms with Crippen LogP contribution in [0.1, 0.15) is 10.4 Å². The van der Waals surface area contributed by atoms with Gasteiger partial charge in [0.1, 0.15) is 6.54 Å². The first-order valence-corrected chi connectivity index (χ1v) is 5.16. The smallest absolute Gasteiger partial charge is 0.310 e. The highest BCUT2D eigenvalue weighted by atomic mass is 32.1. The number of imide groups is 1. The highest BCUT2D eigenvalue weighted by Gasteiger charge is 2.26. The fraction of sp³-hybridized carbons (Fsp3) is 0.333. The van der Waals surface area contributed by atoms with Crippen LogP contribution in [-0.4, -0.2) is 23.4 Å². The molecule has 1 aliphatic heterocycles. The van der Waals surface area contributed by atoms with E-state index in [0.29, 0.717) is 6.54 Å². The number of nitrogens with one attached hydrogen (secondary N) is 1. The fourth-order valence-corrected chi connectivity index (χ4v) is 2.27. The highest BCUT2D eigenvalue weighted by molar-refractivity contribution is 7.10. The van der Waals surface area contributed by atoms with Crippen LogP contribution >= 0.6 is 11.3 Å². The van der Waals surface area contributed by atoms with E-state index in [4.69, 9.17) is 0 Å². The summed E-state index contributed by atoms with van der Waals surface area (Å²) in [4.78, 5) is 24.8. The molecule has 0 aliphatic carbocycles. The van der Waals surface area contributed by atoms with Gasteiger partial charge in [-0.25, -0.2) is 4.79 Å². The van der Waals surface area contributed by atoms with Crippen molar-refractivity contribution in [2.45, 2.75) is 13.5 Å². The third-order valence-electron chi connectivity index (χ3n) is 2.17. The molecule has 1 aromatic rings. The minimum absolute atomic E-state index is 0.177. The molecular weight excluding hydrogens is 200 g/mol. The number of hydrogen-bond donors (Lipinski definition) is 1. The predicted molar refractivity (Wildman–Crippen MR) is 53.0 cm³/mol. The number of amides is 3. The average Bonchev–Trinajstić information content (AvgIpc) is 2.62.